The Morgan fingerprint density at radius 1 is 0.391 bits per heavy atom. The van der Waals surface area contributed by atoms with Crippen molar-refractivity contribution in [2.75, 3.05) is 0 Å². The first-order chi connectivity index (χ1) is 30.4. The average Bonchev–Trinajstić information content (AvgIpc) is 3.34. The number of benzene rings is 6. The molecule has 2 radical (unpaired) electrons. The smallest absolute Gasteiger partial charge is 0.187 e. The molecular formula is C56H50Cu2N2O4. The third-order valence-electron chi connectivity index (χ3n) is 11.1. The number of allylic oxidation sites excluding steroid dienone is 10. The summed E-state index contributed by atoms with van der Waals surface area (Å²) in [5.74, 6) is -0.118. The zero-order valence-electron chi connectivity index (χ0n) is 35.0. The molecule has 0 bridgehead atoms. The van der Waals surface area contributed by atoms with Gasteiger partial charge in [0.05, 0.1) is 12.1 Å². The Morgan fingerprint density at radius 3 is 0.906 bits per heavy atom. The van der Waals surface area contributed by atoms with E-state index in [1.54, 1.807) is 48.9 Å². The van der Waals surface area contributed by atoms with Gasteiger partial charge in [0.1, 0.15) is 11.2 Å². The fraction of sp³-hybridized carbons (Fsp3) is 0.107. The summed E-state index contributed by atoms with van der Waals surface area (Å²) in [5.41, 5.74) is 3.84. The van der Waals surface area contributed by atoms with Crippen molar-refractivity contribution >= 4 is 11.6 Å². The fourth-order valence-electron chi connectivity index (χ4n) is 7.84. The topological polar surface area (TPSA) is 98.7 Å². The molecule has 330 valence electrons. The summed E-state index contributed by atoms with van der Waals surface area (Å²) >= 11 is 0. The summed E-state index contributed by atoms with van der Waals surface area (Å²) in [7, 11) is 0. The molecule has 0 aromatic heterocycles. The van der Waals surface area contributed by atoms with Crippen LogP contribution in [0.15, 0.2) is 254 Å². The zero-order chi connectivity index (χ0) is 43.0. The van der Waals surface area contributed by atoms with Crippen LogP contribution in [0.25, 0.3) is 0 Å². The Hall–Kier alpha value is -6.34. The number of hydrogen-bond acceptors (Lipinski definition) is 6. The molecule has 0 unspecified atom stereocenters. The summed E-state index contributed by atoms with van der Waals surface area (Å²) in [6.45, 7) is 0. The van der Waals surface area contributed by atoms with Gasteiger partial charge in [-0.25, -0.2) is 0 Å². The summed E-state index contributed by atoms with van der Waals surface area (Å²) in [6.07, 6.45) is 18.3. The average molecular weight is 942 g/mol. The quantitative estimate of drug-likeness (QED) is 0.0643. The van der Waals surface area contributed by atoms with E-state index in [1.165, 1.54) is 0 Å². The molecule has 2 atom stereocenters. The van der Waals surface area contributed by atoms with Crippen LogP contribution in [0.5, 0.6) is 0 Å². The summed E-state index contributed by atoms with van der Waals surface area (Å²) in [6, 6.07) is 58.0. The standard InChI is InChI=1S/2C28H25NO2.2Cu/c2*30-26-19-11-10-14-23(26)21-29-27(20-22-12-4-1-5-13-22)28(31,24-15-6-2-7-16-24)25-17-8-3-9-18-25;;/h2*1-19,21,27,29,31H,20H2;;/b2*23-21-;;/t2*27-;;/m00../s1. The van der Waals surface area contributed by atoms with Gasteiger partial charge in [0.2, 0.25) is 0 Å². The molecule has 0 saturated carbocycles. The molecule has 0 spiro atoms. The molecule has 0 saturated heterocycles. The maximum absolute atomic E-state index is 12.3. The molecule has 8 rings (SSSR count). The predicted molar refractivity (Wildman–Crippen MR) is 249 cm³/mol. The van der Waals surface area contributed by atoms with Gasteiger partial charge in [0.15, 0.2) is 11.6 Å². The van der Waals surface area contributed by atoms with Gasteiger partial charge in [-0.05, 0) is 70.5 Å². The second-order valence-corrected chi connectivity index (χ2v) is 15.2. The van der Waals surface area contributed by atoms with Crippen molar-refractivity contribution in [2.24, 2.45) is 0 Å². The molecule has 0 aliphatic heterocycles. The summed E-state index contributed by atoms with van der Waals surface area (Å²) in [4.78, 5) is 24.5. The van der Waals surface area contributed by atoms with E-state index in [0.29, 0.717) is 24.0 Å². The SMILES string of the molecule is O=C1C=CC=C/C1=C/N[C@@H](Cc1ccccc1)C(O)(c1ccccc1)c1ccccc1.O=C1C=CC=C/C1=C/N[C@@H](Cc1ccccc1)C(O)(c1ccccc1)c1ccccc1.[Cu].[Cu]. The third kappa shape index (κ3) is 12.0. The third-order valence-corrected chi connectivity index (χ3v) is 11.1. The molecular weight excluding hydrogens is 892 g/mol. The second kappa shape index (κ2) is 23.9. The van der Waals surface area contributed by atoms with Crippen molar-refractivity contribution in [3.05, 3.63) is 288 Å². The van der Waals surface area contributed by atoms with Crippen molar-refractivity contribution < 1.29 is 53.9 Å². The first-order valence-electron chi connectivity index (χ1n) is 20.8. The molecule has 2 aliphatic rings. The van der Waals surface area contributed by atoms with Gasteiger partial charge in [0.25, 0.3) is 0 Å². The van der Waals surface area contributed by atoms with Crippen molar-refractivity contribution in [2.45, 2.75) is 36.1 Å². The van der Waals surface area contributed by atoms with Gasteiger partial charge in [-0.3, -0.25) is 9.59 Å². The monoisotopic (exact) mass is 940 g/mol. The minimum Gasteiger partial charge on any atom is -0.384 e. The van der Waals surface area contributed by atoms with Gasteiger partial charge < -0.3 is 20.8 Å². The van der Waals surface area contributed by atoms with Crippen LogP contribution in [0.3, 0.4) is 0 Å². The molecule has 0 amide bonds. The maximum Gasteiger partial charge on any atom is 0.187 e. The van der Waals surface area contributed by atoms with Gasteiger partial charge in [0, 0.05) is 57.7 Å². The number of carbonyl (C=O) groups excluding carboxylic acids is 2. The molecule has 0 fully saturated rings. The molecule has 8 heteroatoms. The molecule has 4 N–H and O–H groups in total. The van der Waals surface area contributed by atoms with Crippen LogP contribution in [0.1, 0.15) is 33.4 Å². The Kier molecular flexibility index (Phi) is 18.2. The van der Waals surface area contributed by atoms with E-state index in [2.05, 4.69) is 10.6 Å². The van der Waals surface area contributed by atoms with Crippen molar-refractivity contribution in [1.82, 2.24) is 10.6 Å². The van der Waals surface area contributed by atoms with Crippen LogP contribution >= 0.6 is 0 Å². The van der Waals surface area contributed by atoms with Crippen LogP contribution in [0.4, 0.5) is 0 Å². The van der Waals surface area contributed by atoms with Gasteiger partial charge in [-0.15, -0.1) is 0 Å². The number of hydrogen-bond donors (Lipinski definition) is 4. The van der Waals surface area contributed by atoms with E-state index in [1.807, 2.05) is 194 Å². The Labute approximate surface area is 397 Å². The van der Waals surface area contributed by atoms with Crippen molar-refractivity contribution in [1.29, 1.82) is 0 Å². The Bertz CT molecular complexity index is 2320. The van der Waals surface area contributed by atoms with Gasteiger partial charge in [-0.1, -0.05) is 206 Å². The van der Waals surface area contributed by atoms with E-state index in [-0.39, 0.29) is 45.7 Å². The number of aliphatic hydroxyl groups is 2. The van der Waals surface area contributed by atoms with E-state index in [0.717, 1.165) is 33.4 Å². The minimum absolute atomic E-state index is 0. The van der Waals surface area contributed by atoms with Crippen LogP contribution in [-0.2, 0) is 67.8 Å². The molecule has 6 aromatic rings. The Balaban J connectivity index is 0.000000234. The van der Waals surface area contributed by atoms with E-state index < -0.39 is 23.3 Å². The number of carbonyl (C=O) groups is 2. The zero-order valence-corrected chi connectivity index (χ0v) is 36.9. The van der Waals surface area contributed by atoms with E-state index >= 15 is 0 Å². The fourth-order valence-corrected chi connectivity index (χ4v) is 7.84. The first-order valence-corrected chi connectivity index (χ1v) is 20.8. The molecule has 6 nitrogen and oxygen atoms in total. The molecule has 0 heterocycles. The summed E-state index contributed by atoms with van der Waals surface area (Å²) < 4.78 is 0. The molecule has 6 aromatic carbocycles. The summed E-state index contributed by atoms with van der Waals surface area (Å²) in [5, 5.41) is 31.3. The van der Waals surface area contributed by atoms with Crippen molar-refractivity contribution in [3.63, 3.8) is 0 Å². The van der Waals surface area contributed by atoms with Crippen molar-refractivity contribution in [3.8, 4) is 0 Å². The minimum atomic E-state index is -1.31. The normalized spacial score (nSPS) is 15.3. The Morgan fingerprint density at radius 2 is 0.641 bits per heavy atom. The van der Waals surface area contributed by atoms with E-state index in [9.17, 15) is 19.8 Å². The largest absolute Gasteiger partial charge is 0.384 e. The maximum atomic E-state index is 12.3. The van der Waals surface area contributed by atoms with Gasteiger partial charge >= 0.3 is 0 Å². The second-order valence-electron chi connectivity index (χ2n) is 15.2. The molecule has 64 heavy (non-hydrogen) atoms. The van der Waals surface area contributed by atoms with Crippen LogP contribution in [0, 0.1) is 0 Å². The van der Waals surface area contributed by atoms with E-state index in [4.69, 9.17) is 0 Å². The van der Waals surface area contributed by atoms with Crippen LogP contribution in [0.2, 0.25) is 0 Å². The molecule has 2 aliphatic carbocycles. The predicted octanol–water partition coefficient (Wildman–Crippen LogP) is 9.40. The van der Waals surface area contributed by atoms with Gasteiger partial charge in [-0.2, -0.15) is 0 Å². The number of nitrogens with one attached hydrogen (secondary N) is 2. The number of rotatable bonds is 14. The number of ketones is 2. The van der Waals surface area contributed by atoms with Crippen LogP contribution < -0.4 is 10.6 Å². The van der Waals surface area contributed by atoms with Crippen LogP contribution in [-0.4, -0.2) is 33.9 Å². The first kappa shape index (κ1) is 48.7.